The van der Waals surface area contributed by atoms with Gasteiger partial charge in [0, 0.05) is 26.6 Å². The molecular weight excluding hydrogens is 342 g/mol. The minimum atomic E-state index is -2.96. The van der Waals surface area contributed by atoms with Crippen molar-refractivity contribution in [3.05, 3.63) is 24.3 Å². The zero-order valence-corrected chi connectivity index (χ0v) is 15.3. The van der Waals surface area contributed by atoms with Gasteiger partial charge in [-0.15, -0.1) is 0 Å². The summed E-state index contributed by atoms with van der Waals surface area (Å²) in [6.45, 7) is 4.85. The van der Waals surface area contributed by atoms with Crippen LogP contribution in [0.1, 0.15) is 13.8 Å². The van der Waals surface area contributed by atoms with Gasteiger partial charge in [0.25, 0.3) is 0 Å². The van der Waals surface area contributed by atoms with E-state index in [-0.39, 0.29) is 35.9 Å². The summed E-state index contributed by atoms with van der Waals surface area (Å²) in [4.78, 5) is 30.1. The van der Waals surface area contributed by atoms with Crippen LogP contribution in [-0.4, -0.2) is 68.9 Å². The first kappa shape index (κ1) is 17.9. The van der Waals surface area contributed by atoms with Crippen LogP contribution in [0.15, 0.2) is 24.3 Å². The molecule has 0 radical (unpaired) electrons. The van der Waals surface area contributed by atoms with Gasteiger partial charge in [0.2, 0.25) is 11.8 Å². The van der Waals surface area contributed by atoms with Crippen LogP contribution in [-0.2, 0) is 19.4 Å². The fraction of sp³-hybridized carbons (Fsp3) is 0.529. The molecule has 2 amide bonds. The summed E-state index contributed by atoms with van der Waals surface area (Å²) in [6, 6.07) is 7.28. The number of para-hydroxylation sites is 2. The number of sulfone groups is 1. The van der Waals surface area contributed by atoms with Crippen molar-refractivity contribution in [2.45, 2.75) is 19.9 Å². The Bertz CT molecular complexity index is 779. The van der Waals surface area contributed by atoms with Crippen molar-refractivity contribution in [1.82, 2.24) is 4.90 Å². The predicted octanol–water partition coefficient (Wildman–Crippen LogP) is 0.505. The zero-order chi connectivity index (χ0) is 18.2. The van der Waals surface area contributed by atoms with Crippen molar-refractivity contribution < 1.29 is 18.0 Å². The fourth-order valence-electron chi connectivity index (χ4n) is 3.48. The number of hydrogen-bond acceptors (Lipinski definition) is 5. The Hall–Kier alpha value is -1.93. The summed E-state index contributed by atoms with van der Waals surface area (Å²) in [6.07, 6.45) is 0. The second kappa shape index (κ2) is 6.76. The first-order chi connectivity index (χ1) is 11.8. The zero-order valence-electron chi connectivity index (χ0n) is 14.5. The van der Waals surface area contributed by atoms with Gasteiger partial charge >= 0.3 is 0 Å². The molecule has 2 aliphatic rings. The molecule has 1 aromatic carbocycles. The van der Waals surface area contributed by atoms with Crippen molar-refractivity contribution in [1.29, 1.82) is 0 Å². The first-order valence-electron chi connectivity index (χ1n) is 8.40. The van der Waals surface area contributed by atoms with E-state index in [1.54, 1.807) is 9.80 Å². The van der Waals surface area contributed by atoms with E-state index >= 15 is 0 Å². The Kier molecular flexibility index (Phi) is 4.83. The van der Waals surface area contributed by atoms with Crippen LogP contribution in [0.4, 0.5) is 11.4 Å². The SMILES string of the molecule is CC(=O)N1c2ccccc2N(C(=O)CN2CCS(=O)(=O)CC2)CC1C. The maximum atomic E-state index is 12.8. The molecule has 0 aliphatic carbocycles. The second-order valence-electron chi connectivity index (χ2n) is 6.66. The number of amides is 2. The Labute approximate surface area is 148 Å². The lowest BCUT2D eigenvalue weighted by Gasteiger charge is -2.41. The summed E-state index contributed by atoms with van der Waals surface area (Å²) in [5, 5.41) is 0. The summed E-state index contributed by atoms with van der Waals surface area (Å²) in [5.74, 6) is 0.0895. The number of anilines is 2. The summed E-state index contributed by atoms with van der Waals surface area (Å²) >= 11 is 0. The number of nitrogens with zero attached hydrogens (tertiary/aromatic N) is 3. The molecule has 7 nitrogen and oxygen atoms in total. The molecule has 0 saturated carbocycles. The number of rotatable bonds is 2. The third-order valence-corrected chi connectivity index (χ3v) is 6.37. The molecule has 0 bridgehead atoms. The summed E-state index contributed by atoms with van der Waals surface area (Å²) in [5.41, 5.74) is 1.47. The molecule has 8 heteroatoms. The van der Waals surface area contributed by atoms with Crippen LogP contribution >= 0.6 is 0 Å². The van der Waals surface area contributed by atoms with E-state index in [0.717, 1.165) is 11.4 Å². The third-order valence-electron chi connectivity index (χ3n) is 4.76. The Morgan fingerprint density at radius 3 is 2.32 bits per heavy atom. The standard InChI is InChI=1S/C17H23N3O4S/c1-13-11-19(15-5-3-4-6-16(15)20(13)14(2)21)17(22)12-18-7-9-25(23,24)10-8-18/h3-6,13H,7-12H2,1-2H3. The predicted molar refractivity (Wildman–Crippen MR) is 96.5 cm³/mol. The Morgan fingerprint density at radius 2 is 1.72 bits per heavy atom. The monoisotopic (exact) mass is 365 g/mol. The van der Waals surface area contributed by atoms with Crippen molar-refractivity contribution in [3.8, 4) is 0 Å². The molecule has 1 saturated heterocycles. The van der Waals surface area contributed by atoms with E-state index in [4.69, 9.17) is 0 Å². The first-order valence-corrected chi connectivity index (χ1v) is 10.2. The summed E-state index contributed by atoms with van der Waals surface area (Å²) < 4.78 is 23.1. The molecule has 136 valence electrons. The van der Waals surface area contributed by atoms with Gasteiger partial charge in [-0.2, -0.15) is 0 Å². The number of fused-ring (bicyclic) bond motifs is 1. The lowest BCUT2D eigenvalue weighted by Crippen LogP contribution is -2.54. The summed E-state index contributed by atoms with van der Waals surface area (Å²) in [7, 11) is -2.96. The van der Waals surface area contributed by atoms with Crippen molar-refractivity contribution >= 4 is 33.0 Å². The van der Waals surface area contributed by atoms with Gasteiger partial charge in [0.05, 0.1) is 35.5 Å². The Morgan fingerprint density at radius 1 is 1.12 bits per heavy atom. The number of hydrogen-bond donors (Lipinski definition) is 0. The average Bonchev–Trinajstić information content (AvgIpc) is 2.55. The van der Waals surface area contributed by atoms with E-state index in [1.807, 2.05) is 36.1 Å². The maximum absolute atomic E-state index is 12.8. The smallest absolute Gasteiger partial charge is 0.241 e. The molecule has 1 fully saturated rings. The van der Waals surface area contributed by atoms with E-state index in [9.17, 15) is 18.0 Å². The van der Waals surface area contributed by atoms with E-state index < -0.39 is 9.84 Å². The van der Waals surface area contributed by atoms with Crippen LogP contribution < -0.4 is 9.80 Å². The average molecular weight is 365 g/mol. The highest BCUT2D eigenvalue weighted by molar-refractivity contribution is 7.91. The van der Waals surface area contributed by atoms with Gasteiger partial charge in [-0.3, -0.25) is 14.5 Å². The lowest BCUT2D eigenvalue weighted by molar-refractivity contribution is -0.120. The highest BCUT2D eigenvalue weighted by Crippen LogP contribution is 2.35. The lowest BCUT2D eigenvalue weighted by atomic mass is 10.1. The molecule has 1 aromatic rings. The molecule has 0 N–H and O–H groups in total. The van der Waals surface area contributed by atoms with Gasteiger partial charge in [-0.05, 0) is 19.1 Å². The third kappa shape index (κ3) is 3.69. The minimum absolute atomic E-state index is 0.0479. The van der Waals surface area contributed by atoms with E-state index in [2.05, 4.69) is 0 Å². The number of carbonyl (C=O) groups excluding carboxylic acids is 2. The quantitative estimate of drug-likeness (QED) is 0.763. The van der Waals surface area contributed by atoms with Crippen LogP contribution in [0.3, 0.4) is 0 Å². The molecule has 25 heavy (non-hydrogen) atoms. The largest absolute Gasteiger partial charge is 0.307 e. The van der Waals surface area contributed by atoms with Gasteiger partial charge in [0.1, 0.15) is 0 Å². The van der Waals surface area contributed by atoms with Gasteiger partial charge in [-0.1, -0.05) is 12.1 Å². The second-order valence-corrected chi connectivity index (χ2v) is 8.96. The van der Waals surface area contributed by atoms with Gasteiger partial charge in [0.15, 0.2) is 9.84 Å². The van der Waals surface area contributed by atoms with E-state index in [1.165, 1.54) is 6.92 Å². The van der Waals surface area contributed by atoms with Crippen LogP contribution in [0.25, 0.3) is 0 Å². The minimum Gasteiger partial charge on any atom is -0.307 e. The highest BCUT2D eigenvalue weighted by Gasteiger charge is 2.34. The van der Waals surface area contributed by atoms with Crippen molar-refractivity contribution in [2.75, 3.05) is 47.5 Å². The molecule has 1 atom stereocenters. The van der Waals surface area contributed by atoms with Crippen molar-refractivity contribution in [2.24, 2.45) is 0 Å². The normalized spacial score (nSPS) is 23.2. The molecule has 0 aromatic heterocycles. The van der Waals surface area contributed by atoms with Gasteiger partial charge in [-0.25, -0.2) is 8.42 Å². The molecule has 0 spiro atoms. The highest BCUT2D eigenvalue weighted by atomic mass is 32.2. The molecular formula is C17H23N3O4S. The molecule has 3 rings (SSSR count). The van der Waals surface area contributed by atoms with Crippen molar-refractivity contribution in [3.63, 3.8) is 0 Å². The molecule has 2 aliphatic heterocycles. The maximum Gasteiger partial charge on any atom is 0.241 e. The molecule has 1 unspecified atom stereocenters. The topological polar surface area (TPSA) is 78.0 Å². The fourth-order valence-corrected chi connectivity index (χ4v) is 4.76. The number of benzene rings is 1. The number of carbonyl (C=O) groups is 2. The van der Waals surface area contributed by atoms with E-state index in [0.29, 0.717) is 19.6 Å². The van der Waals surface area contributed by atoms with Crippen LogP contribution in [0.5, 0.6) is 0 Å². The molecule has 2 heterocycles. The van der Waals surface area contributed by atoms with Crippen LogP contribution in [0, 0.1) is 0 Å². The van der Waals surface area contributed by atoms with Crippen LogP contribution in [0.2, 0.25) is 0 Å². The Balaban J connectivity index is 1.79. The van der Waals surface area contributed by atoms with Gasteiger partial charge < -0.3 is 9.80 Å².